The van der Waals surface area contributed by atoms with E-state index in [2.05, 4.69) is 20.8 Å². The van der Waals surface area contributed by atoms with Crippen LogP contribution in [0, 0.1) is 16.7 Å². The van der Waals surface area contributed by atoms with Gasteiger partial charge in [0.2, 0.25) is 0 Å². The molecule has 158 valence electrons. The van der Waals surface area contributed by atoms with E-state index in [0.29, 0.717) is 29.7 Å². The SMILES string of the molecule is CC(=O)OCC1=C[C@]2(O)CC3=C(CC24O[C@@H]4C1=O)[C@@]1(C)CCCC(C)(C)[C@@H]1CC3. The fraction of sp³-hybridized carbons (Fsp3) is 0.750. The highest BCUT2D eigenvalue weighted by molar-refractivity contribution is 6.04. The number of aliphatic hydroxyl groups is 1. The third-order valence-corrected chi connectivity index (χ3v) is 8.83. The molecule has 0 amide bonds. The molecule has 1 heterocycles. The molecule has 1 saturated heterocycles. The molecule has 5 aliphatic rings. The third-order valence-electron chi connectivity index (χ3n) is 8.83. The first kappa shape index (κ1) is 19.5. The standard InChI is InChI=1S/C24H32O5/c1-14(25)28-13-16-11-23(27)10-15-6-7-18-21(2,3)8-5-9-22(18,4)17(15)12-24(23)20(29-24)19(16)26/h11,18,20,27H,5-10,12-13H2,1-4H3/t18-,20+,22+,23+,24?/m0/s1. The summed E-state index contributed by atoms with van der Waals surface area (Å²) < 4.78 is 11.1. The lowest BCUT2D eigenvalue weighted by molar-refractivity contribution is -0.140. The van der Waals surface area contributed by atoms with Gasteiger partial charge in [-0.25, -0.2) is 0 Å². The summed E-state index contributed by atoms with van der Waals surface area (Å²) in [7, 11) is 0. The zero-order valence-electron chi connectivity index (χ0n) is 18.0. The number of epoxide rings is 1. The number of fused-ring (bicyclic) bond motifs is 2. The number of rotatable bonds is 2. The minimum Gasteiger partial charge on any atom is -0.461 e. The second-order valence-corrected chi connectivity index (χ2v) is 10.9. The molecule has 0 radical (unpaired) electrons. The van der Waals surface area contributed by atoms with Crippen LogP contribution in [0.3, 0.4) is 0 Å². The normalized spacial score (nSPS) is 44.7. The average Bonchev–Trinajstić information content (AvgIpc) is 3.35. The molecule has 0 bridgehead atoms. The Hall–Kier alpha value is -1.46. The van der Waals surface area contributed by atoms with Crippen molar-refractivity contribution in [3.8, 4) is 0 Å². The van der Waals surface area contributed by atoms with Gasteiger partial charge in [0.1, 0.15) is 17.8 Å². The number of Topliss-reactive ketones (excluding diaryl/α,β-unsaturated/α-hetero) is 1. The molecule has 4 aliphatic carbocycles. The topological polar surface area (TPSA) is 76.1 Å². The van der Waals surface area contributed by atoms with Crippen LogP contribution in [0.4, 0.5) is 0 Å². The van der Waals surface area contributed by atoms with Crippen molar-refractivity contribution in [3.63, 3.8) is 0 Å². The molecule has 5 nitrogen and oxygen atoms in total. The summed E-state index contributed by atoms with van der Waals surface area (Å²) in [5.41, 5.74) is 1.62. The van der Waals surface area contributed by atoms with E-state index >= 15 is 0 Å². The van der Waals surface area contributed by atoms with Gasteiger partial charge in [-0.05, 0) is 48.5 Å². The first-order valence-electron chi connectivity index (χ1n) is 11.0. The van der Waals surface area contributed by atoms with Crippen molar-refractivity contribution in [1.82, 2.24) is 0 Å². The van der Waals surface area contributed by atoms with Crippen molar-refractivity contribution in [2.75, 3.05) is 6.61 Å². The maximum atomic E-state index is 12.9. The minimum absolute atomic E-state index is 0.0910. The predicted molar refractivity (Wildman–Crippen MR) is 107 cm³/mol. The predicted octanol–water partition coefficient (Wildman–Crippen LogP) is 3.64. The van der Waals surface area contributed by atoms with Gasteiger partial charge in [-0.1, -0.05) is 38.3 Å². The monoisotopic (exact) mass is 400 g/mol. The maximum absolute atomic E-state index is 12.9. The Morgan fingerprint density at radius 1 is 1.28 bits per heavy atom. The van der Waals surface area contributed by atoms with Gasteiger partial charge in [-0.15, -0.1) is 0 Å². The van der Waals surface area contributed by atoms with Gasteiger partial charge in [-0.2, -0.15) is 0 Å². The lowest BCUT2D eigenvalue weighted by atomic mass is 9.47. The summed E-state index contributed by atoms with van der Waals surface area (Å²) in [5.74, 6) is 0.0668. The van der Waals surface area contributed by atoms with Crippen LogP contribution < -0.4 is 0 Å². The van der Waals surface area contributed by atoms with Crippen molar-refractivity contribution >= 4 is 11.8 Å². The van der Waals surface area contributed by atoms with Crippen molar-refractivity contribution in [2.45, 2.75) is 89.9 Å². The maximum Gasteiger partial charge on any atom is 0.302 e. The smallest absolute Gasteiger partial charge is 0.302 e. The number of ketones is 1. The summed E-state index contributed by atoms with van der Waals surface area (Å²) in [6.45, 7) is 8.46. The number of hydrogen-bond acceptors (Lipinski definition) is 5. The second-order valence-electron chi connectivity index (χ2n) is 10.9. The van der Waals surface area contributed by atoms with Crippen LogP contribution in [0.1, 0.15) is 72.6 Å². The molecule has 2 fully saturated rings. The van der Waals surface area contributed by atoms with Crippen LogP contribution >= 0.6 is 0 Å². The molecular formula is C24H32O5. The Bertz CT molecular complexity index is 866. The summed E-state index contributed by atoms with van der Waals surface area (Å²) in [6.07, 6.45) is 8.06. The van der Waals surface area contributed by atoms with Crippen molar-refractivity contribution in [3.05, 3.63) is 22.8 Å². The van der Waals surface area contributed by atoms with Crippen molar-refractivity contribution < 1.29 is 24.2 Å². The summed E-state index contributed by atoms with van der Waals surface area (Å²) in [6, 6.07) is 0. The molecule has 1 aliphatic heterocycles. The van der Waals surface area contributed by atoms with Gasteiger partial charge in [0.25, 0.3) is 0 Å². The van der Waals surface area contributed by atoms with Gasteiger partial charge < -0.3 is 14.6 Å². The average molecular weight is 401 g/mol. The first-order chi connectivity index (χ1) is 13.5. The Labute approximate surface area is 172 Å². The van der Waals surface area contributed by atoms with Crippen LogP contribution in [-0.4, -0.2) is 40.8 Å². The number of carbonyl (C=O) groups excluding carboxylic acids is 2. The van der Waals surface area contributed by atoms with E-state index in [1.807, 2.05) is 0 Å². The largest absolute Gasteiger partial charge is 0.461 e. The second kappa shape index (κ2) is 5.82. The minimum atomic E-state index is -1.19. The van der Waals surface area contributed by atoms with Crippen LogP contribution in [0.15, 0.2) is 22.8 Å². The van der Waals surface area contributed by atoms with Crippen LogP contribution in [-0.2, 0) is 19.1 Å². The zero-order valence-corrected chi connectivity index (χ0v) is 18.0. The van der Waals surface area contributed by atoms with E-state index in [-0.39, 0.29) is 17.8 Å². The van der Waals surface area contributed by atoms with Crippen molar-refractivity contribution in [2.24, 2.45) is 16.7 Å². The van der Waals surface area contributed by atoms with E-state index in [4.69, 9.17) is 9.47 Å². The quantitative estimate of drug-likeness (QED) is 0.435. The van der Waals surface area contributed by atoms with Crippen molar-refractivity contribution in [1.29, 1.82) is 0 Å². The highest BCUT2D eigenvalue weighted by Gasteiger charge is 2.75. The fourth-order valence-electron chi connectivity index (χ4n) is 7.38. The molecule has 29 heavy (non-hydrogen) atoms. The number of esters is 1. The lowest BCUT2D eigenvalue weighted by Crippen LogP contribution is -2.56. The van der Waals surface area contributed by atoms with Crippen LogP contribution in [0.2, 0.25) is 0 Å². The lowest BCUT2D eigenvalue weighted by Gasteiger charge is -2.58. The Kier molecular flexibility index (Phi) is 3.91. The number of ether oxygens (including phenoxy) is 2. The number of carbonyl (C=O) groups is 2. The van der Waals surface area contributed by atoms with Crippen LogP contribution in [0.5, 0.6) is 0 Å². The molecule has 1 N–H and O–H groups in total. The Morgan fingerprint density at radius 2 is 2.03 bits per heavy atom. The molecule has 1 saturated carbocycles. The fourth-order valence-corrected chi connectivity index (χ4v) is 7.38. The molecule has 5 heteroatoms. The summed E-state index contributed by atoms with van der Waals surface area (Å²) in [4.78, 5) is 24.1. The highest BCUT2D eigenvalue weighted by Crippen LogP contribution is 2.67. The van der Waals surface area contributed by atoms with Gasteiger partial charge in [0.05, 0.1) is 0 Å². The Morgan fingerprint density at radius 3 is 2.76 bits per heavy atom. The number of hydrogen-bond donors (Lipinski definition) is 1. The van der Waals surface area contributed by atoms with E-state index < -0.39 is 23.3 Å². The zero-order chi connectivity index (χ0) is 20.8. The molecule has 0 aromatic carbocycles. The van der Waals surface area contributed by atoms with Gasteiger partial charge in [0.15, 0.2) is 11.9 Å². The first-order valence-corrected chi connectivity index (χ1v) is 11.0. The van der Waals surface area contributed by atoms with E-state index in [1.54, 1.807) is 6.08 Å². The molecule has 0 aromatic rings. The molecular weight excluding hydrogens is 368 g/mol. The molecule has 0 aromatic heterocycles. The summed E-state index contributed by atoms with van der Waals surface area (Å²) >= 11 is 0. The van der Waals surface area contributed by atoms with Gasteiger partial charge in [0, 0.05) is 25.3 Å². The molecule has 5 atom stereocenters. The van der Waals surface area contributed by atoms with Crippen LogP contribution in [0.25, 0.3) is 0 Å². The van der Waals surface area contributed by atoms with Gasteiger partial charge >= 0.3 is 5.97 Å². The van der Waals surface area contributed by atoms with E-state index in [9.17, 15) is 14.7 Å². The van der Waals surface area contributed by atoms with E-state index in [1.165, 1.54) is 43.8 Å². The third kappa shape index (κ3) is 2.53. The molecule has 1 spiro atoms. The summed E-state index contributed by atoms with van der Waals surface area (Å²) in [5, 5.41) is 11.6. The molecule has 5 rings (SSSR count). The molecule has 1 unspecified atom stereocenters. The highest BCUT2D eigenvalue weighted by atomic mass is 16.6. The Balaban J connectivity index is 1.53. The van der Waals surface area contributed by atoms with E-state index in [0.717, 1.165) is 6.42 Å². The van der Waals surface area contributed by atoms with Gasteiger partial charge in [-0.3, -0.25) is 9.59 Å².